The molecule has 1 rings (SSSR count). The lowest BCUT2D eigenvalue weighted by atomic mass is 10.5. The minimum absolute atomic E-state index is 0.247. The number of carbonyl (C=O) groups is 1. The van der Waals surface area contributed by atoms with E-state index in [4.69, 9.17) is 0 Å². The van der Waals surface area contributed by atoms with Crippen LogP contribution in [0.4, 0.5) is 4.79 Å². The molecule has 1 heterocycles. The highest BCUT2D eigenvalue weighted by atomic mass is 16.6. The predicted octanol–water partition coefficient (Wildman–Crippen LogP) is 0.462. The molecule has 0 saturated carbocycles. The van der Waals surface area contributed by atoms with E-state index in [2.05, 4.69) is 16.6 Å². The average molecular weight is 139 g/mol. The summed E-state index contributed by atoms with van der Waals surface area (Å²) in [6.45, 7) is 3.43. The predicted molar refractivity (Wildman–Crippen MR) is 36.4 cm³/mol. The first-order valence-corrected chi connectivity index (χ1v) is 3.16. The molecule has 0 atom stereocenters. The van der Waals surface area contributed by atoms with E-state index in [0.717, 1.165) is 0 Å². The Balaban J connectivity index is 2.38. The Hall–Kier alpha value is -1.17. The van der Waals surface area contributed by atoms with E-state index in [1.54, 1.807) is 11.8 Å². The molecule has 0 aromatic carbocycles. The Morgan fingerprint density at radius 3 is 3.10 bits per heavy atom. The third-order valence-corrected chi connectivity index (χ3v) is 1.29. The quantitative estimate of drug-likeness (QED) is 0.494. The molecule has 1 saturated heterocycles. The van der Waals surface area contributed by atoms with E-state index in [-0.39, 0.29) is 6.09 Å². The molecular formula is C7H9NO2. The lowest BCUT2D eigenvalue weighted by Gasteiger charge is -2.05. The summed E-state index contributed by atoms with van der Waals surface area (Å²) in [5, 5.41) is 0. The number of rotatable bonds is 1. The molecule has 0 aromatic heterocycles. The Kier molecular flexibility index (Phi) is 2.16. The first-order valence-electron chi connectivity index (χ1n) is 3.16. The van der Waals surface area contributed by atoms with E-state index >= 15 is 0 Å². The van der Waals surface area contributed by atoms with Crippen molar-refractivity contribution in [2.45, 2.75) is 6.92 Å². The molecule has 1 amide bonds. The summed E-state index contributed by atoms with van der Waals surface area (Å²) < 4.78 is 4.68. The zero-order valence-corrected chi connectivity index (χ0v) is 5.89. The van der Waals surface area contributed by atoms with Crippen LogP contribution in [0.1, 0.15) is 6.92 Å². The Morgan fingerprint density at radius 2 is 2.60 bits per heavy atom. The molecule has 0 radical (unpaired) electrons. The highest BCUT2D eigenvalue weighted by Gasteiger charge is 2.19. The van der Waals surface area contributed by atoms with Crippen LogP contribution in [0.2, 0.25) is 0 Å². The second-order valence-electron chi connectivity index (χ2n) is 1.96. The molecule has 3 heteroatoms. The van der Waals surface area contributed by atoms with Gasteiger partial charge in [0.2, 0.25) is 0 Å². The largest absolute Gasteiger partial charge is 0.448 e. The van der Waals surface area contributed by atoms with Crippen LogP contribution < -0.4 is 0 Å². The number of nitrogens with zero attached hydrogens (tertiary/aromatic N) is 1. The van der Waals surface area contributed by atoms with Crippen molar-refractivity contribution < 1.29 is 9.53 Å². The van der Waals surface area contributed by atoms with Gasteiger partial charge in [-0.25, -0.2) is 4.79 Å². The summed E-state index contributed by atoms with van der Waals surface area (Å²) in [5.74, 6) is 5.51. The van der Waals surface area contributed by atoms with Crippen molar-refractivity contribution in [2.75, 3.05) is 19.7 Å². The van der Waals surface area contributed by atoms with Crippen LogP contribution in [0.15, 0.2) is 0 Å². The Morgan fingerprint density at radius 1 is 1.80 bits per heavy atom. The monoisotopic (exact) mass is 139 g/mol. The maximum atomic E-state index is 10.7. The topological polar surface area (TPSA) is 29.5 Å². The molecule has 0 N–H and O–H groups in total. The first-order chi connectivity index (χ1) is 4.84. The van der Waals surface area contributed by atoms with Crippen molar-refractivity contribution in [1.29, 1.82) is 0 Å². The number of amides is 1. The van der Waals surface area contributed by atoms with Crippen LogP contribution in [0.25, 0.3) is 0 Å². The van der Waals surface area contributed by atoms with Crippen LogP contribution >= 0.6 is 0 Å². The van der Waals surface area contributed by atoms with Gasteiger partial charge in [-0.2, -0.15) is 0 Å². The van der Waals surface area contributed by atoms with E-state index in [9.17, 15) is 4.79 Å². The van der Waals surface area contributed by atoms with Gasteiger partial charge in [-0.15, -0.1) is 5.92 Å². The second-order valence-corrected chi connectivity index (χ2v) is 1.96. The van der Waals surface area contributed by atoms with Crippen LogP contribution in [0.5, 0.6) is 0 Å². The number of hydrogen-bond donors (Lipinski definition) is 0. The van der Waals surface area contributed by atoms with Gasteiger partial charge in [-0.3, -0.25) is 4.90 Å². The van der Waals surface area contributed by atoms with Crippen LogP contribution in [0, 0.1) is 11.8 Å². The molecule has 0 aromatic rings. The van der Waals surface area contributed by atoms with E-state index in [1.165, 1.54) is 0 Å². The van der Waals surface area contributed by atoms with Gasteiger partial charge in [0.1, 0.15) is 6.61 Å². The Labute approximate surface area is 60.0 Å². The molecule has 1 fully saturated rings. The maximum Gasteiger partial charge on any atom is 0.410 e. The zero-order valence-electron chi connectivity index (χ0n) is 5.89. The van der Waals surface area contributed by atoms with Gasteiger partial charge in [0, 0.05) is 0 Å². The Bertz CT molecular complexity index is 190. The lowest BCUT2D eigenvalue weighted by molar-refractivity contribution is 0.161. The van der Waals surface area contributed by atoms with Crippen molar-refractivity contribution in [2.24, 2.45) is 0 Å². The fourth-order valence-electron chi connectivity index (χ4n) is 0.744. The number of ether oxygens (including phenoxy) is 1. The third kappa shape index (κ3) is 1.41. The molecule has 0 spiro atoms. The summed E-state index contributed by atoms with van der Waals surface area (Å²) in [6.07, 6.45) is -0.247. The molecule has 3 nitrogen and oxygen atoms in total. The fraction of sp³-hybridized carbons (Fsp3) is 0.571. The van der Waals surface area contributed by atoms with Gasteiger partial charge in [-0.05, 0) is 6.92 Å². The molecule has 0 unspecified atom stereocenters. The SMILES string of the molecule is CC#CCN1CCOC1=O. The lowest BCUT2D eigenvalue weighted by Crippen LogP contribution is -2.24. The van der Waals surface area contributed by atoms with Gasteiger partial charge < -0.3 is 4.74 Å². The van der Waals surface area contributed by atoms with Gasteiger partial charge >= 0.3 is 6.09 Å². The van der Waals surface area contributed by atoms with Gasteiger partial charge in [-0.1, -0.05) is 5.92 Å². The highest BCUT2D eigenvalue weighted by molar-refractivity contribution is 5.69. The van der Waals surface area contributed by atoms with Crippen molar-refractivity contribution in [3.8, 4) is 11.8 Å². The van der Waals surface area contributed by atoms with E-state index in [0.29, 0.717) is 19.7 Å². The van der Waals surface area contributed by atoms with E-state index < -0.39 is 0 Å². The second kappa shape index (κ2) is 3.11. The summed E-state index contributed by atoms with van der Waals surface area (Å²) in [7, 11) is 0. The van der Waals surface area contributed by atoms with Crippen LogP contribution in [-0.2, 0) is 4.74 Å². The van der Waals surface area contributed by atoms with E-state index in [1.807, 2.05) is 0 Å². The van der Waals surface area contributed by atoms with Crippen LogP contribution in [0.3, 0.4) is 0 Å². The summed E-state index contributed by atoms with van der Waals surface area (Å²) >= 11 is 0. The van der Waals surface area contributed by atoms with Gasteiger partial charge in [0.15, 0.2) is 0 Å². The first kappa shape index (κ1) is 6.94. The fourth-order valence-corrected chi connectivity index (χ4v) is 0.744. The molecule has 54 valence electrons. The van der Waals surface area contributed by atoms with Crippen molar-refractivity contribution in [3.63, 3.8) is 0 Å². The normalized spacial score (nSPS) is 16.1. The number of hydrogen-bond acceptors (Lipinski definition) is 2. The zero-order chi connectivity index (χ0) is 7.40. The van der Waals surface area contributed by atoms with Crippen molar-refractivity contribution >= 4 is 6.09 Å². The molecule has 1 aliphatic heterocycles. The van der Waals surface area contributed by atoms with Crippen molar-refractivity contribution in [3.05, 3.63) is 0 Å². The smallest absolute Gasteiger partial charge is 0.410 e. The number of cyclic esters (lactones) is 1. The maximum absolute atomic E-state index is 10.7. The summed E-state index contributed by atoms with van der Waals surface area (Å²) in [5.41, 5.74) is 0. The van der Waals surface area contributed by atoms with Gasteiger partial charge in [0.25, 0.3) is 0 Å². The average Bonchev–Trinajstić information content (AvgIpc) is 2.31. The summed E-state index contributed by atoms with van der Waals surface area (Å²) in [6, 6.07) is 0. The molecule has 1 aliphatic rings. The highest BCUT2D eigenvalue weighted by Crippen LogP contribution is 2.00. The standard InChI is InChI=1S/C7H9NO2/c1-2-3-4-8-5-6-10-7(8)9/h4-6H2,1H3. The summed E-state index contributed by atoms with van der Waals surface area (Å²) in [4.78, 5) is 12.3. The minimum atomic E-state index is -0.247. The molecular weight excluding hydrogens is 130 g/mol. The molecule has 0 aliphatic carbocycles. The molecule has 10 heavy (non-hydrogen) atoms. The third-order valence-electron chi connectivity index (χ3n) is 1.29. The minimum Gasteiger partial charge on any atom is -0.448 e. The van der Waals surface area contributed by atoms with Gasteiger partial charge in [0.05, 0.1) is 13.1 Å². The van der Waals surface area contributed by atoms with Crippen molar-refractivity contribution in [1.82, 2.24) is 4.90 Å². The number of carbonyl (C=O) groups excluding carboxylic acids is 1. The molecule has 0 bridgehead atoms. The van der Waals surface area contributed by atoms with Crippen LogP contribution in [-0.4, -0.2) is 30.7 Å².